The molecule has 0 saturated carbocycles. The highest BCUT2D eigenvalue weighted by Gasteiger charge is 2.27. The van der Waals surface area contributed by atoms with Gasteiger partial charge < -0.3 is 10.1 Å². The van der Waals surface area contributed by atoms with Gasteiger partial charge in [-0.3, -0.25) is 9.78 Å². The maximum atomic E-state index is 13.9. The normalized spacial score (nSPS) is 15.4. The third-order valence-electron chi connectivity index (χ3n) is 5.86. The number of thiophene rings is 1. The molecule has 0 saturated heterocycles. The number of pyridine rings is 1. The van der Waals surface area contributed by atoms with Gasteiger partial charge in [0.2, 0.25) is 0 Å². The Hall–Kier alpha value is -3.32. The molecular formula is C26H22F2N2O2S. The van der Waals surface area contributed by atoms with Crippen LogP contribution in [-0.4, -0.2) is 17.5 Å². The highest BCUT2D eigenvalue weighted by Crippen LogP contribution is 2.41. The molecule has 1 amide bonds. The van der Waals surface area contributed by atoms with Crippen LogP contribution in [0.1, 0.15) is 53.0 Å². The zero-order valence-corrected chi connectivity index (χ0v) is 19.0. The number of nitrogens with zero attached hydrogens (tertiary/aromatic N) is 1. The Morgan fingerprint density at radius 3 is 2.67 bits per heavy atom. The molecule has 2 aromatic heterocycles. The number of carbonyl (C=O) groups excluding carboxylic acids is 1. The van der Waals surface area contributed by atoms with Gasteiger partial charge in [0.15, 0.2) is 0 Å². The van der Waals surface area contributed by atoms with Gasteiger partial charge >= 0.3 is 0 Å². The number of para-hydroxylation sites is 1. The SMILES string of the molecule is CC(C)c1c(C(=O)N[C@H]2CCOc3ccccc32)sc2c(-c3cc(F)cc(F)c3)cncc12. The van der Waals surface area contributed by atoms with Gasteiger partial charge in [0.1, 0.15) is 17.4 Å². The summed E-state index contributed by atoms with van der Waals surface area (Å²) in [6.45, 7) is 4.58. The van der Waals surface area contributed by atoms with Crippen LogP contribution in [0.15, 0.2) is 54.9 Å². The van der Waals surface area contributed by atoms with Gasteiger partial charge in [-0.1, -0.05) is 32.0 Å². The van der Waals surface area contributed by atoms with Crippen LogP contribution in [0.2, 0.25) is 0 Å². The van der Waals surface area contributed by atoms with Gasteiger partial charge in [-0.2, -0.15) is 0 Å². The lowest BCUT2D eigenvalue weighted by atomic mass is 9.97. The summed E-state index contributed by atoms with van der Waals surface area (Å²) in [5.74, 6) is -0.632. The molecule has 7 heteroatoms. The molecular weight excluding hydrogens is 442 g/mol. The fourth-order valence-electron chi connectivity index (χ4n) is 4.40. The summed E-state index contributed by atoms with van der Waals surface area (Å²) in [7, 11) is 0. The van der Waals surface area contributed by atoms with Crippen molar-refractivity contribution in [3.63, 3.8) is 0 Å². The number of rotatable bonds is 4. The van der Waals surface area contributed by atoms with E-state index in [1.54, 1.807) is 12.4 Å². The molecule has 1 aliphatic rings. The Balaban J connectivity index is 1.59. The van der Waals surface area contributed by atoms with Crippen molar-refractivity contribution >= 4 is 27.3 Å². The first-order valence-electron chi connectivity index (χ1n) is 10.8. The van der Waals surface area contributed by atoms with E-state index in [0.717, 1.165) is 33.0 Å². The lowest BCUT2D eigenvalue weighted by Gasteiger charge is -2.26. The summed E-state index contributed by atoms with van der Waals surface area (Å²) in [4.78, 5) is 18.4. The maximum Gasteiger partial charge on any atom is 0.262 e. The zero-order valence-electron chi connectivity index (χ0n) is 18.2. The fraction of sp³-hybridized carbons (Fsp3) is 0.231. The summed E-state index contributed by atoms with van der Waals surface area (Å²) in [5, 5.41) is 4.00. The average molecular weight is 465 g/mol. The molecule has 0 aliphatic carbocycles. The number of hydrogen-bond donors (Lipinski definition) is 1. The molecule has 1 N–H and O–H groups in total. The molecule has 5 rings (SSSR count). The van der Waals surface area contributed by atoms with Crippen LogP contribution in [0.5, 0.6) is 5.75 Å². The molecule has 4 aromatic rings. The van der Waals surface area contributed by atoms with Gasteiger partial charge in [-0.25, -0.2) is 8.78 Å². The lowest BCUT2D eigenvalue weighted by molar-refractivity contribution is 0.0928. The van der Waals surface area contributed by atoms with Crippen molar-refractivity contribution in [3.8, 4) is 16.9 Å². The highest BCUT2D eigenvalue weighted by molar-refractivity contribution is 7.21. The van der Waals surface area contributed by atoms with E-state index in [4.69, 9.17) is 4.74 Å². The Morgan fingerprint density at radius 1 is 1.15 bits per heavy atom. The first kappa shape index (κ1) is 21.5. The third kappa shape index (κ3) is 3.97. The summed E-state index contributed by atoms with van der Waals surface area (Å²) in [6.07, 6.45) is 3.99. The molecule has 0 fully saturated rings. The molecule has 1 atom stereocenters. The van der Waals surface area contributed by atoms with Gasteiger partial charge in [0, 0.05) is 46.1 Å². The van der Waals surface area contributed by atoms with Crippen LogP contribution in [0.25, 0.3) is 21.2 Å². The highest BCUT2D eigenvalue weighted by atomic mass is 32.1. The van der Waals surface area contributed by atoms with Crippen molar-refractivity contribution in [2.45, 2.75) is 32.2 Å². The minimum absolute atomic E-state index is 0.0581. The predicted octanol–water partition coefficient (Wildman–Crippen LogP) is 6.62. The number of benzene rings is 2. The second-order valence-electron chi connectivity index (χ2n) is 8.42. The summed E-state index contributed by atoms with van der Waals surface area (Å²) >= 11 is 1.34. The van der Waals surface area contributed by atoms with Crippen molar-refractivity contribution in [1.82, 2.24) is 10.3 Å². The average Bonchev–Trinajstić information content (AvgIpc) is 3.19. The number of nitrogens with one attached hydrogen (secondary N) is 1. The van der Waals surface area contributed by atoms with E-state index >= 15 is 0 Å². The van der Waals surface area contributed by atoms with Gasteiger partial charge in [-0.05, 0) is 35.2 Å². The molecule has 0 unspecified atom stereocenters. The molecule has 1 aliphatic heterocycles. The van der Waals surface area contributed by atoms with E-state index in [1.807, 2.05) is 38.1 Å². The van der Waals surface area contributed by atoms with Crippen molar-refractivity contribution in [3.05, 3.63) is 82.5 Å². The number of halogens is 2. The van der Waals surface area contributed by atoms with Crippen molar-refractivity contribution in [2.24, 2.45) is 0 Å². The topological polar surface area (TPSA) is 51.2 Å². The minimum atomic E-state index is -0.654. The molecule has 33 heavy (non-hydrogen) atoms. The first-order valence-corrected chi connectivity index (χ1v) is 11.6. The van der Waals surface area contributed by atoms with E-state index < -0.39 is 11.6 Å². The van der Waals surface area contributed by atoms with Crippen LogP contribution in [0.3, 0.4) is 0 Å². The summed E-state index contributed by atoms with van der Waals surface area (Å²) in [5.41, 5.74) is 2.85. The van der Waals surface area contributed by atoms with Crippen LogP contribution in [0, 0.1) is 11.6 Å². The third-order valence-corrected chi connectivity index (χ3v) is 7.11. The van der Waals surface area contributed by atoms with Crippen LogP contribution in [0.4, 0.5) is 8.78 Å². The summed E-state index contributed by atoms with van der Waals surface area (Å²) in [6, 6.07) is 11.0. The quantitative estimate of drug-likeness (QED) is 0.369. The number of fused-ring (bicyclic) bond motifs is 2. The Labute approximate surface area is 194 Å². The van der Waals surface area contributed by atoms with E-state index in [2.05, 4.69) is 10.3 Å². The monoisotopic (exact) mass is 464 g/mol. The van der Waals surface area contributed by atoms with Crippen LogP contribution in [-0.2, 0) is 0 Å². The molecule has 168 valence electrons. The van der Waals surface area contributed by atoms with Gasteiger partial charge in [0.05, 0.1) is 17.5 Å². The number of ether oxygens (including phenoxy) is 1. The minimum Gasteiger partial charge on any atom is -0.493 e. The van der Waals surface area contributed by atoms with E-state index in [1.165, 1.54) is 23.5 Å². The van der Waals surface area contributed by atoms with Crippen molar-refractivity contribution < 1.29 is 18.3 Å². The second kappa shape index (κ2) is 8.56. The molecule has 2 aromatic carbocycles. The van der Waals surface area contributed by atoms with Gasteiger partial charge in [0.25, 0.3) is 5.91 Å². The smallest absolute Gasteiger partial charge is 0.262 e. The maximum absolute atomic E-state index is 13.9. The lowest BCUT2D eigenvalue weighted by Crippen LogP contribution is -2.32. The fourth-order valence-corrected chi connectivity index (χ4v) is 5.77. The van der Waals surface area contributed by atoms with Crippen LogP contribution >= 0.6 is 11.3 Å². The van der Waals surface area contributed by atoms with E-state index in [0.29, 0.717) is 29.0 Å². The van der Waals surface area contributed by atoms with Crippen molar-refractivity contribution in [2.75, 3.05) is 6.61 Å². The number of hydrogen-bond acceptors (Lipinski definition) is 4. The number of carbonyl (C=O) groups is 1. The Morgan fingerprint density at radius 2 is 1.91 bits per heavy atom. The summed E-state index contributed by atoms with van der Waals surface area (Å²) < 4.78 is 34.3. The number of amides is 1. The standard InChI is InChI=1S/C26H22F2N2O2S/c1-14(2)23-20-13-29-12-19(15-9-16(27)11-17(28)10-15)24(20)33-25(23)26(31)30-21-7-8-32-22-6-4-3-5-18(21)22/h3-6,9-14,21H,7-8H2,1-2H3,(H,30,31)/t21-/m0/s1. The van der Waals surface area contributed by atoms with E-state index in [9.17, 15) is 13.6 Å². The molecule has 0 bridgehead atoms. The molecule has 0 radical (unpaired) electrons. The first-order chi connectivity index (χ1) is 15.9. The zero-order chi connectivity index (χ0) is 23.1. The Kier molecular flexibility index (Phi) is 5.58. The number of aromatic nitrogens is 1. The second-order valence-corrected chi connectivity index (χ2v) is 9.44. The molecule has 3 heterocycles. The van der Waals surface area contributed by atoms with E-state index in [-0.39, 0.29) is 17.9 Å². The van der Waals surface area contributed by atoms with Crippen LogP contribution < -0.4 is 10.1 Å². The Bertz CT molecular complexity index is 1350. The molecule has 0 spiro atoms. The largest absolute Gasteiger partial charge is 0.493 e. The molecule has 4 nitrogen and oxygen atoms in total. The van der Waals surface area contributed by atoms with Gasteiger partial charge in [-0.15, -0.1) is 11.3 Å². The predicted molar refractivity (Wildman–Crippen MR) is 126 cm³/mol. The van der Waals surface area contributed by atoms with Crippen molar-refractivity contribution in [1.29, 1.82) is 0 Å².